The molecule has 0 bridgehead atoms. The van der Waals surface area contributed by atoms with Crippen molar-refractivity contribution in [3.05, 3.63) is 118 Å². The van der Waals surface area contributed by atoms with Gasteiger partial charge in [-0.1, -0.05) is 124 Å². The van der Waals surface area contributed by atoms with Crippen molar-refractivity contribution >= 4 is 50.6 Å². The molecule has 7 heteroatoms. The lowest BCUT2D eigenvalue weighted by molar-refractivity contribution is -0.258. The van der Waals surface area contributed by atoms with Crippen LogP contribution >= 0.6 is 31.9 Å². The molecule has 0 aromatic heterocycles. The van der Waals surface area contributed by atoms with Crippen LogP contribution < -0.4 is 10.4 Å². The lowest BCUT2D eigenvalue weighted by Gasteiger charge is -2.45. The van der Waals surface area contributed by atoms with E-state index in [1.165, 1.54) is 10.4 Å². The van der Waals surface area contributed by atoms with E-state index in [4.69, 9.17) is 18.6 Å². The van der Waals surface area contributed by atoms with E-state index < -0.39 is 14.6 Å². The van der Waals surface area contributed by atoms with Gasteiger partial charge in [0.05, 0.1) is 16.1 Å². The average Bonchev–Trinajstić information content (AvgIpc) is 3.10. The van der Waals surface area contributed by atoms with E-state index >= 15 is 0 Å². The zero-order chi connectivity index (χ0) is 27.5. The molecule has 3 aromatic rings. The van der Waals surface area contributed by atoms with Gasteiger partial charge in [0.25, 0.3) is 8.32 Å². The number of hydrogen-bond acceptors (Lipinski definition) is 4. The van der Waals surface area contributed by atoms with Crippen LogP contribution in [0.2, 0.25) is 5.04 Å². The van der Waals surface area contributed by atoms with E-state index in [0.29, 0.717) is 6.61 Å². The topological polar surface area (TPSA) is 36.9 Å². The Bertz CT molecular complexity index is 1230. The number of ether oxygens (including phenoxy) is 3. The molecule has 4 nitrogen and oxygen atoms in total. The van der Waals surface area contributed by atoms with Crippen LogP contribution in [0.3, 0.4) is 0 Å². The van der Waals surface area contributed by atoms with Crippen molar-refractivity contribution in [1.29, 1.82) is 0 Å². The summed E-state index contributed by atoms with van der Waals surface area (Å²) in [5.74, 6) is 0. The Kier molecular flexibility index (Phi) is 9.08. The molecule has 0 aliphatic carbocycles. The summed E-state index contributed by atoms with van der Waals surface area (Å²) in [6.45, 7) is 7.28. The Morgan fingerprint density at radius 1 is 0.821 bits per heavy atom. The maximum Gasteiger partial charge on any atom is 0.262 e. The molecule has 2 aliphatic heterocycles. The summed E-state index contributed by atoms with van der Waals surface area (Å²) in [5, 5.41) is 2.28. The highest BCUT2D eigenvalue weighted by Crippen LogP contribution is 2.40. The summed E-state index contributed by atoms with van der Waals surface area (Å²) in [4.78, 5) is 0. The second-order valence-electron chi connectivity index (χ2n) is 10.9. The van der Waals surface area contributed by atoms with Gasteiger partial charge in [-0.15, -0.1) is 0 Å². The summed E-state index contributed by atoms with van der Waals surface area (Å²) in [5.41, 5.74) is 0.994. The van der Waals surface area contributed by atoms with Crippen LogP contribution in [0.5, 0.6) is 0 Å². The third kappa shape index (κ3) is 6.25. The Balaban J connectivity index is 1.55. The van der Waals surface area contributed by atoms with Gasteiger partial charge in [0, 0.05) is 5.56 Å². The first kappa shape index (κ1) is 28.7. The van der Waals surface area contributed by atoms with Crippen molar-refractivity contribution in [2.24, 2.45) is 0 Å². The van der Waals surface area contributed by atoms with Crippen molar-refractivity contribution in [1.82, 2.24) is 0 Å². The Hall–Kier alpha value is -1.84. The molecule has 5 atom stereocenters. The van der Waals surface area contributed by atoms with Gasteiger partial charge in [0.15, 0.2) is 6.29 Å². The van der Waals surface area contributed by atoms with Crippen molar-refractivity contribution in [3.63, 3.8) is 0 Å². The summed E-state index contributed by atoms with van der Waals surface area (Å²) < 4.78 is 27.5. The molecular formula is C32H34Br2O4Si. The SMILES string of the molecule is CC(C)(C)[Si](O[C@@H]1C=C[C@@H]2O[C@H](c3ccccc3)OC[C@H]2O[C@H]1C=C(Br)Br)(c1ccccc1)c1ccccc1. The fourth-order valence-electron chi connectivity index (χ4n) is 5.49. The second kappa shape index (κ2) is 12.3. The fraction of sp³-hybridized carbons (Fsp3) is 0.312. The zero-order valence-corrected chi connectivity index (χ0v) is 26.5. The summed E-state index contributed by atoms with van der Waals surface area (Å²) >= 11 is 7.13. The lowest BCUT2D eigenvalue weighted by atomic mass is 10.1. The van der Waals surface area contributed by atoms with Crippen LogP contribution in [0.4, 0.5) is 0 Å². The number of fused-ring (bicyclic) bond motifs is 1. The molecule has 2 heterocycles. The van der Waals surface area contributed by atoms with Gasteiger partial charge in [-0.05, 0) is 53.3 Å². The predicted octanol–water partition coefficient (Wildman–Crippen LogP) is 7.00. The summed E-state index contributed by atoms with van der Waals surface area (Å²) in [7, 11) is -2.83. The summed E-state index contributed by atoms with van der Waals surface area (Å²) in [6, 6.07) is 31.4. The van der Waals surface area contributed by atoms with Crippen molar-refractivity contribution in [2.45, 2.75) is 56.5 Å². The fourth-order valence-corrected chi connectivity index (χ4v) is 10.6. The quantitative estimate of drug-likeness (QED) is 0.209. The normalized spacial score (nSPS) is 25.4. The van der Waals surface area contributed by atoms with E-state index in [0.717, 1.165) is 8.96 Å². The zero-order valence-electron chi connectivity index (χ0n) is 22.4. The van der Waals surface area contributed by atoms with Crippen molar-refractivity contribution in [3.8, 4) is 0 Å². The average molecular weight is 671 g/mol. The largest absolute Gasteiger partial charge is 0.398 e. The highest BCUT2D eigenvalue weighted by atomic mass is 79.9. The molecule has 2 aliphatic rings. The molecule has 0 spiro atoms. The molecule has 0 N–H and O–H groups in total. The third-order valence-electron chi connectivity index (χ3n) is 7.30. The van der Waals surface area contributed by atoms with Crippen LogP contribution in [0.1, 0.15) is 32.6 Å². The first-order chi connectivity index (χ1) is 18.8. The van der Waals surface area contributed by atoms with E-state index in [1.807, 2.05) is 36.4 Å². The minimum Gasteiger partial charge on any atom is -0.398 e. The standard InChI is InChI=1S/C32H34Br2O4Si/c1-32(2,3)39(24-15-9-5-10-16-24,25-17-11-6-12-18-25)38-27-20-19-26-29(36-28(27)21-30(33)34)22-35-31(37-26)23-13-7-4-8-14-23/h4-21,26-29,31H,22H2,1-3H3/t26-,27+,28-,29+,31+/m0/s1. The van der Waals surface area contributed by atoms with E-state index in [2.05, 4.69) is 125 Å². The maximum absolute atomic E-state index is 7.47. The highest BCUT2D eigenvalue weighted by molar-refractivity contribution is 9.28. The molecule has 0 radical (unpaired) electrons. The molecule has 0 saturated carbocycles. The summed E-state index contributed by atoms with van der Waals surface area (Å²) in [6.07, 6.45) is 4.54. The van der Waals surface area contributed by atoms with Crippen LogP contribution in [0.25, 0.3) is 0 Å². The van der Waals surface area contributed by atoms with E-state index in [9.17, 15) is 0 Å². The highest BCUT2D eigenvalue weighted by Gasteiger charge is 2.52. The van der Waals surface area contributed by atoms with Crippen LogP contribution in [0, 0.1) is 0 Å². The maximum atomic E-state index is 7.47. The van der Waals surface area contributed by atoms with Crippen molar-refractivity contribution < 1.29 is 18.6 Å². The third-order valence-corrected chi connectivity index (χ3v) is 12.9. The Morgan fingerprint density at radius 2 is 1.38 bits per heavy atom. The van der Waals surface area contributed by atoms with Crippen LogP contribution in [-0.4, -0.2) is 39.3 Å². The van der Waals surface area contributed by atoms with Gasteiger partial charge in [0.2, 0.25) is 0 Å². The van der Waals surface area contributed by atoms with Crippen LogP contribution in [0.15, 0.2) is 113 Å². The molecule has 5 rings (SSSR count). The lowest BCUT2D eigenvalue weighted by Crippen LogP contribution is -2.68. The van der Waals surface area contributed by atoms with Gasteiger partial charge < -0.3 is 18.6 Å². The van der Waals surface area contributed by atoms with Gasteiger partial charge >= 0.3 is 0 Å². The van der Waals surface area contributed by atoms with Gasteiger partial charge in [-0.2, -0.15) is 0 Å². The van der Waals surface area contributed by atoms with Gasteiger partial charge in [-0.25, -0.2) is 0 Å². The molecule has 3 aromatic carbocycles. The molecule has 1 saturated heterocycles. The molecule has 1 fully saturated rings. The van der Waals surface area contributed by atoms with Crippen molar-refractivity contribution in [2.75, 3.05) is 6.61 Å². The number of hydrogen-bond donors (Lipinski definition) is 0. The minimum absolute atomic E-state index is 0.166. The van der Waals surface area contributed by atoms with E-state index in [-0.39, 0.29) is 29.5 Å². The molecule has 0 amide bonds. The molecular weight excluding hydrogens is 636 g/mol. The monoisotopic (exact) mass is 668 g/mol. The number of rotatable bonds is 6. The smallest absolute Gasteiger partial charge is 0.262 e. The Morgan fingerprint density at radius 3 is 1.92 bits per heavy atom. The minimum atomic E-state index is -2.83. The first-order valence-electron chi connectivity index (χ1n) is 13.3. The molecule has 39 heavy (non-hydrogen) atoms. The Labute approximate surface area is 249 Å². The van der Waals surface area contributed by atoms with Gasteiger partial charge in [-0.3, -0.25) is 0 Å². The second-order valence-corrected chi connectivity index (χ2v) is 17.9. The van der Waals surface area contributed by atoms with Gasteiger partial charge in [0.1, 0.15) is 18.3 Å². The predicted molar refractivity (Wildman–Crippen MR) is 166 cm³/mol. The molecule has 204 valence electrons. The number of benzene rings is 3. The molecule has 0 unspecified atom stereocenters. The van der Waals surface area contributed by atoms with Crippen LogP contribution in [-0.2, 0) is 18.6 Å². The first-order valence-corrected chi connectivity index (χ1v) is 16.7. The number of halogens is 2. The van der Waals surface area contributed by atoms with E-state index in [1.54, 1.807) is 0 Å².